The van der Waals surface area contributed by atoms with Gasteiger partial charge in [0, 0.05) is 18.6 Å². The predicted molar refractivity (Wildman–Crippen MR) is 106 cm³/mol. The molecule has 1 amide bonds. The van der Waals surface area contributed by atoms with Crippen LogP contribution in [0.15, 0.2) is 36.4 Å². The summed E-state index contributed by atoms with van der Waals surface area (Å²) in [6, 6.07) is 10.4. The molecule has 0 atom stereocenters. The van der Waals surface area contributed by atoms with Crippen LogP contribution in [0.1, 0.15) is 24.0 Å². The SMILES string of the molecule is Cc1ccc(OCCCC(=O)Nc2nc3ccc([N+](=O)[O-])cc3s2)c(C)c1. The third-order valence-corrected chi connectivity index (χ3v) is 4.90. The smallest absolute Gasteiger partial charge is 0.270 e. The number of nitro benzene ring substituents is 1. The summed E-state index contributed by atoms with van der Waals surface area (Å²) in [5, 5.41) is 14.0. The lowest BCUT2D eigenvalue weighted by atomic mass is 10.1. The maximum Gasteiger partial charge on any atom is 0.270 e. The van der Waals surface area contributed by atoms with Gasteiger partial charge in [-0.25, -0.2) is 4.98 Å². The number of hydrogen-bond acceptors (Lipinski definition) is 6. The molecule has 0 aliphatic rings. The summed E-state index contributed by atoms with van der Waals surface area (Å²) in [5.74, 6) is 0.668. The molecule has 7 nitrogen and oxygen atoms in total. The fraction of sp³-hybridized carbons (Fsp3) is 0.263. The minimum Gasteiger partial charge on any atom is -0.493 e. The summed E-state index contributed by atoms with van der Waals surface area (Å²) in [6.45, 7) is 4.47. The van der Waals surface area contributed by atoms with Crippen molar-refractivity contribution in [2.75, 3.05) is 11.9 Å². The third-order valence-electron chi connectivity index (χ3n) is 3.97. The molecule has 0 saturated heterocycles. The third kappa shape index (κ3) is 4.79. The second-order valence-corrected chi connectivity index (χ2v) is 7.23. The number of anilines is 1. The van der Waals surface area contributed by atoms with Crippen molar-refractivity contribution in [3.8, 4) is 5.75 Å². The lowest BCUT2D eigenvalue weighted by molar-refractivity contribution is -0.384. The monoisotopic (exact) mass is 385 g/mol. The number of aromatic nitrogens is 1. The molecule has 0 bridgehead atoms. The molecule has 27 heavy (non-hydrogen) atoms. The van der Waals surface area contributed by atoms with Crippen molar-refractivity contribution in [2.45, 2.75) is 26.7 Å². The number of carbonyl (C=O) groups is 1. The normalized spacial score (nSPS) is 10.7. The van der Waals surface area contributed by atoms with E-state index in [2.05, 4.69) is 16.4 Å². The number of nitro groups is 1. The van der Waals surface area contributed by atoms with E-state index in [0.29, 0.717) is 34.8 Å². The minimum atomic E-state index is -0.451. The maximum absolute atomic E-state index is 12.1. The molecular weight excluding hydrogens is 366 g/mol. The number of rotatable bonds is 7. The highest BCUT2D eigenvalue weighted by Gasteiger charge is 2.12. The van der Waals surface area contributed by atoms with Crippen molar-refractivity contribution in [2.24, 2.45) is 0 Å². The van der Waals surface area contributed by atoms with E-state index in [-0.39, 0.29) is 11.6 Å². The average molecular weight is 385 g/mol. The molecule has 140 valence electrons. The molecule has 2 aromatic carbocycles. The molecule has 1 N–H and O–H groups in total. The maximum atomic E-state index is 12.1. The first-order chi connectivity index (χ1) is 12.9. The second-order valence-electron chi connectivity index (χ2n) is 6.20. The fourth-order valence-corrected chi connectivity index (χ4v) is 3.55. The molecule has 1 aromatic heterocycles. The quantitative estimate of drug-likeness (QED) is 0.364. The van der Waals surface area contributed by atoms with Crippen LogP contribution in [0.2, 0.25) is 0 Å². The minimum absolute atomic E-state index is 0.00701. The highest BCUT2D eigenvalue weighted by molar-refractivity contribution is 7.22. The van der Waals surface area contributed by atoms with E-state index in [1.165, 1.54) is 29.0 Å². The summed E-state index contributed by atoms with van der Waals surface area (Å²) in [6.07, 6.45) is 0.885. The number of aryl methyl sites for hydroxylation is 2. The van der Waals surface area contributed by atoms with Crippen LogP contribution < -0.4 is 10.1 Å². The van der Waals surface area contributed by atoms with Gasteiger partial charge in [0.05, 0.1) is 21.7 Å². The molecule has 0 spiro atoms. The van der Waals surface area contributed by atoms with Gasteiger partial charge in [-0.1, -0.05) is 29.0 Å². The summed E-state index contributed by atoms with van der Waals surface area (Å²) in [7, 11) is 0. The molecule has 0 fully saturated rings. The van der Waals surface area contributed by atoms with Gasteiger partial charge in [-0.05, 0) is 38.0 Å². The topological polar surface area (TPSA) is 94.4 Å². The number of nitrogens with zero attached hydrogens (tertiary/aromatic N) is 2. The van der Waals surface area contributed by atoms with E-state index in [0.717, 1.165) is 11.3 Å². The number of ether oxygens (including phenoxy) is 1. The van der Waals surface area contributed by atoms with Gasteiger partial charge in [-0.15, -0.1) is 0 Å². The van der Waals surface area contributed by atoms with Gasteiger partial charge in [-0.3, -0.25) is 14.9 Å². The van der Waals surface area contributed by atoms with Crippen molar-refractivity contribution in [3.63, 3.8) is 0 Å². The Morgan fingerprint density at radius 3 is 2.81 bits per heavy atom. The van der Waals surface area contributed by atoms with E-state index >= 15 is 0 Å². The second kappa shape index (κ2) is 8.13. The van der Waals surface area contributed by atoms with Gasteiger partial charge in [-0.2, -0.15) is 0 Å². The highest BCUT2D eigenvalue weighted by atomic mass is 32.1. The first kappa shape index (κ1) is 18.8. The van der Waals surface area contributed by atoms with Crippen molar-refractivity contribution < 1.29 is 14.5 Å². The molecule has 0 saturated carbocycles. The highest BCUT2D eigenvalue weighted by Crippen LogP contribution is 2.29. The number of hydrogen-bond donors (Lipinski definition) is 1. The van der Waals surface area contributed by atoms with Gasteiger partial charge in [0.25, 0.3) is 5.69 Å². The Kier molecular flexibility index (Phi) is 5.66. The van der Waals surface area contributed by atoms with E-state index in [4.69, 9.17) is 4.74 Å². The number of nitrogens with one attached hydrogen (secondary N) is 1. The van der Waals surface area contributed by atoms with Gasteiger partial charge in [0.1, 0.15) is 5.75 Å². The Bertz CT molecular complexity index is 1000. The summed E-state index contributed by atoms with van der Waals surface area (Å²) in [5.41, 5.74) is 2.88. The van der Waals surface area contributed by atoms with Crippen LogP contribution in [0.5, 0.6) is 5.75 Å². The Labute approximate surface area is 160 Å². The number of benzene rings is 2. The van der Waals surface area contributed by atoms with Crippen LogP contribution in [0, 0.1) is 24.0 Å². The zero-order chi connectivity index (χ0) is 19.4. The van der Waals surface area contributed by atoms with Crippen LogP contribution in [0.3, 0.4) is 0 Å². The van der Waals surface area contributed by atoms with E-state index in [9.17, 15) is 14.9 Å². The number of non-ortho nitro benzene ring substituents is 1. The van der Waals surface area contributed by atoms with E-state index < -0.39 is 4.92 Å². The van der Waals surface area contributed by atoms with Gasteiger partial charge < -0.3 is 10.1 Å². The number of carbonyl (C=O) groups excluding carboxylic acids is 1. The number of thiazole rings is 1. The van der Waals surface area contributed by atoms with Crippen LogP contribution >= 0.6 is 11.3 Å². The van der Waals surface area contributed by atoms with Crippen LogP contribution in [-0.4, -0.2) is 22.4 Å². The zero-order valence-electron chi connectivity index (χ0n) is 15.0. The summed E-state index contributed by atoms with van der Waals surface area (Å²) in [4.78, 5) is 26.7. The molecule has 0 radical (unpaired) electrons. The van der Waals surface area contributed by atoms with Crippen LogP contribution in [0.25, 0.3) is 10.2 Å². The molecule has 0 aliphatic heterocycles. The van der Waals surface area contributed by atoms with E-state index in [1.54, 1.807) is 6.07 Å². The Hall–Kier alpha value is -3.00. The molecule has 3 rings (SSSR count). The summed E-state index contributed by atoms with van der Waals surface area (Å²) < 4.78 is 6.38. The van der Waals surface area contributed by atoms with Crippen LogP contribution in [0.4, 0.5) is 10.8 Å². The predicted octanol–water partition coefficient (Wildman–Crippen LogP) is 4.62. The number of amides is 1. The molecule has 0 unspecified atom stereocenters. The standard InChI is InChI=1S/C19H19N3O4S/c1-12-5-8-16(13(2)10-12)26-9-3-4-18(23)21-19-20-15-7-6-14(22(24)25)11-17(15)27-19/h5-8,10-11H,3-4,9H2,1-2H3,(H,20,21,23). The van der Waals surface area contributed by atoms with Crippen LogP contribution in [-0.2, 0) is 4.79 Å². The molecule has 3 aromatic rings. The Balaban J connectivity index is 1.50. The summed E-state index contributed by atoms with van der Waals surface area (Å²) >= 11 is 1.22. The molecule has 0 aliphatic carbocycles. The van der Waals surface area contributed by atoms with E-state index in [1.807, 2.05) is 26.0 Å². The Morgan fingerprint density at radius 1 is 1.26 bits per heavy atom. The van der Waals surface area contributed by atoms with Crippen molar-refractivity contribution >= 4 is 38.3 Å². The zero-order valence-corrected chi connectivity index (χ0v) is 15.8. The van der Waals surface area contributed by atoms with Crippen molar-refractivity contribution in [3.05, 3.63) is 57.6 Å². The van der Waals surface area contributed by atoms with Gasteiger partial charge in [0.2, 0.25) is 5.91 Å². The lowest BCUT2D eigenvalue weighted by Crippen LogP contribution is -2.12. The largest absolute Gasteiger partial charge is 0.493 e. The molecule has 1 heterocycles. The first-order valence-electron chi connectivity index (χ1n) is 8.47. The average Bonchev–Trinajstić information content (AvgIpc) is 3.01. The molecular formula is C19H19N3O4S. The first-order valence-corrected chi connectivity index (χ1v) is 9.29. The van der Waals surface area contributed by atoms with Gasteiger partial charge >= 0.3 is 0 Å². The van der Waals surface area contributed by atoms with Gasteiger partial charge in [0.15, 0.2) is 5.13 Å². The van der Waals surface area contributed by atoms with Crippen molar-refractivity contribution in [1.29, 1.82) is 0 Å². The lowest BCUT2D eigenvalue weighted by Gasteiger charge is -2.09. The van der Waals surface area contributed by atoms with Crippen molar-refractivity contribution in [1.82, 2.24) is 4.98 Å². The number of fused-ring (bicyclic) bond motifs is 1. The Morgan fingerprint density at radius 2 is 2.07 bits per heavy atom. The fourth-order valence-electron chi connectivity index (χ4n) is 2.64. The molecule has 8 heteroatoms.